The van der Waals surface area contributed by atoms with Gasteiger partial charge in [0.15, 0.2) is 5.54 Å². The number of rotatable bonds is 0. The first kappa shape index (κ1) is 10.2. The largest absolute Gasteiger partial charge is 0.384 e. The highest BCUT2D eigenvalue weighted by Gasteiger charge is 2.56. The summed E-state index contributed by atoms with van der Waals surface area (Å²) in [7, 11) is -3.91. The number of hydrogen-bond acceptors (Lipinski definition) is 4. The SMILES string of the molecule is NC1=NS(=O)(=O)NC12C(=O)Nc1ccccc12. The van der Waals surface area contributed by atoms with Crippen LogP contribution in [-0.2, 0) is 20.5 Å². The summed E-state index contributed by atoms with van der Waals surface area (Å²) < 4.78 is 28.3. The number of hydrogen-bond donors (Lipinski definition) is 3. The fraction of sp³-hybridized carbons (Fsp3) is 0.111. The van der Waals surface area contributed by atoms with Crippen molar-refractivity contribution >= 4 is 27.6 Å². The molecule has 17 heavy (non-hydrogen) atoms. The third-order valence-corrected chi connectivity index (χ3v) is 3.81. The number of amides is 1. The first-order valence-electron chi connectivity index (χ1n) is 4.76. The van der Waals surface area contributed by atoms with Gasteiger partial charge in [0.1, 0.15) is 5.84 Å². The number of nitrogens with one attached hydrogen (secondary N) is 2. The van der Waals surface area contributed by atoms with Gasteiger partial charge in [-0.05, 0) is 6.07 Å². The fourth-order valence-corrected chi connectivity index (χ4v) is 3.22. The molecule has 2 aliphatic rings. The van der Waals surface area contributed by atoms with Gasteiger partial charge in [0.05, 0.1) is 0 Å². The summed E-state index contributed by atoms with van der Waals surface area (Å²) in [6.07, 6.45) is 0. The van der Waals surface area contributed by atoms with Crippen molar-refractivity contribution in [3.63, 3.8) is 0 Å². The number of fused-ring (bicyclic) bond motifs is 2. The van der Waals surface area contributed by atoms with E-state index >= 15 is 0 Å². The molecule has 4 N–H and O–H groups in total. The zero-order valence-corrected chi connectivity index (χ0v) is 9.28. The van der Waals surface area contributed by atoms with Crippen LogP contribution >= 0.6 is 0 Å². The molecule has 1 amide bonds. The molecule has 8 heteroatoms. The molecular weight excluding hydrogens is 244 g/mol. The predicted molar refractivity (Wildman–Crippen MR) is 60.4 cm³/mol. The quantitative estimate of drug-likeness (QED) is 0.551. The van der Waals surface area contributed by atoms with Crippen LogP contribution < -0.4 is 15.8 Å². The van der Waals surface area contributed by atoms with Gasteiger partial charge in [0.2, 0.25) is 0 Å². The second kappa shape index (κ2) is 2.84. The predicted octanol–water partition coefficient (Wildman–Crippen LogP) is -0.961. The normalized spacial score (nSPS) is 28.9. The number of nitrogens with two attached hydrogens (primary N) is 1. The van der Waals surface area contributed by atoms with Crippen molar-refractivity contribution in [1.29, 1.82) is 0 Å². The average molecular weight is 252 g/mol. The molecule has 1 aromatic rings. The maximum Gasteiger partial charge on any atom is 0.323 e. The second-order valence-corrected chi connectivity index (χ2v) is 5.14. The Morgan fingerprint density at radius 1 is 1.29 bits per heavy atom. The van der Waals surface area contributed by atoms with Crippen molar-refractivity contribution in [2.75, 3.05) is 5.32 Å². The van der Waals surface area contributed by atoms with Crippen molar-refractivity contribution in [2.45, 2.75) is 5.54 Å². The highest BCUT2D eigenvalue weighted by molar-refractivity contribution is 7.88. The van der Waals surface area contributed by atoms with Gasteiger partial charge in [0.25, 0.3) is 5.91 Å². The number of nitrogens with zero attached hydrogens (tertiary/aromatic N) is 1. The van der Waals surface area contributed by atoms with E-state index in [0.717, 1.165) is 0 Å². The zero-order valence-electron chi connectivity index (χ0n) is 8.47. The summed E-state index contributed by atoms with van der Waals surface area (Å²) in [5, 5.41) is 2.57. The van der Waals surface area contributed by atoms with E-state index in [4.69, 9.17) is 5.73 Å². The molecular formula is C9H8N4O3S. The van der Waals surface area contributed by atoms with Crippen molar-refractivity contribution in [3.8, 4) is 0 Å². The molecule has 0 aliphatic carbocycles. The highest BCUT2D eigenvalue weighted by atomic mass is 32.2. The lowest BCUT2D eigenvalue weighted by Gasteiger charge is -2.19. The van der Waals surface area contributed by atoms with Crippen LogP contribution in [0, 0.1) is 0 Å². The minimum absolute atomic E-state index is 0.264. The molecule has 0 fully saturated rings. The molecule has 0 aromatic heterocycles. The lowest BCUT2D eigenvalue weighted by atomic mass is 9.91. The number of anilines is 1. The van der Waals surface area contributed by atoms with E-state index < -0.39 is 21.7 Å². The molecule has 2 aliphatic heterocycles. The molecule has 1 atom stereocenters. The van der Waals surface area contributed by atoms with Crippen molar-refractivity contribution < 1.29 is 13.2 Å². The molecule has 1 spiro atoms. The number of carbonyl (C=O) groups excluding carboxylic acids is 1. The van der Waals surface area contributed by atoms with E-state index in [9.17, 15) is 13.2 Å². The smallest absolute Gasteiger partial charge is 0.323 e. The third kappa shape index (κ3) is 1.16. The first-order chi connectivity index (χ1) is 7.96. The van der Waals surface area contributed by atoms with Crippen molar-refractivity contribution in [1.82, 2.24) is 4.72 Å². The van der Waals surface area contributed by atoms with Crippen LogP contribution in [0.2, 0.25) is 0 Å². The highest BCUT2D eigenvalue weighted by Crippen LogP contribution is 2.38. The Kier molecular flexibility index (Phi) is 1.71. The van der Waals surface area contributed by atoms with Crippen LogP contribution in [-0.4, -0.2) is 20.2 Å². The van der Waals surface area contributed by atoms with Gasteiger partial charge in [-0.2, -0.15) is 13.1 Å². The van der Waals surface area contributed by atoms with Crippen LogP contribution in [0.5, 0.6) is 0 Å². The molecule has 7 nitrogen and oxygen atoms in total. The zero-order chi connectivity index (χ0) is 12.3. The molecule has 0 bridgehead atoms. The van der Waals surface area contributed by atoms with Crippen LogP contribution in [0.4, 0.5) is 5.69 Å². The summed E-state index contributed by atoms with van der Waals surface area (Å²) >= 11 is 0. The van der Waals surface area contributed by atoms with E-state index in [1.54, 1.807) is 24.3 Å². The van der Waals surface area contributed by atoms with Gasteiger partial charge in [-0.1, -0.05) is 18.2 Å². The second-order valence-electron chi connectivity index (χ2n) is 3.80. The maximum atomic E-state index is 12.0. The maximum absolute atomic E-state index is 12.0. The summed E-state index contributed by atoms with van der Waals surface area (Å²) in [4.78, 5) is 12.0. The van der Waals surface area contributed by atoms with Crippen molar-refractivity contribution in [2.24, 2.45) is 10.1 Å². The third-order valence-electron chi connectivity index (χ3n) is 2.80. The molecule has 88 valence electrons. The van der Waals surface area contributed by atoms with Gasteiger partial charge in [0, 0.05) is 11.3 Å². The van der Waals surface area contributed by atoms with Gasteiger partial charge in [-0.25, -0.2) is 0 Å². The number of para-hydroxylation sites is 1. The van der Waals surface area contributed by atoms with Crippen LogP contribution in [0.15, 0.2) is 28.7 Å². The first-order valence-corrected chi connectivity index (χ1v) is 6.20. The Morgan fingerprint density at radius 2 is 2.00 bits per heavy atom. The van der Waals surface area contributed by atoms with Crippen LogP contribution in [0.25, 0.3) is 0 Å². The van der Waals surface area contributed by atoms with E-state index in [0.29, 0.717) is 11.3 Å². The molecule has 1 unspecified atom stereocenters. The summed E-state index contributed by atoms with van der Waals surface area (Å²) in [6.45, 7) is 0. The Hall–Kier alpha value is -1.93. The molecule has 0 saturated heterocycles. The van der Waals surface area contributed by atoms with E-state index in [1.165, 1.54) is 0 Å². The van der Waals surface area contributed by atoms with Gasteiger partial charge in [-0.3, -0.25) is 4.79 Å². The molecule has 0 saturated carbocycles. The van der Waals surface area contributed by atoms with Crippen molar-refractivity contribution in [3.05, 3.63) is 29.8 Å². The minimum atomic E-state index is -3.91. The molecule has 2 heterocycles. The molecule has 0 radical (unpaired) electrons. The van der Waals surface area contributed by atoms with Crippen LogP contribution in [0.3, 0.4) is 0 Å². The number of amidine groups is 1. The number of carbonyl (C=O) groups is 1. The average Bonchev–Trinajstić information content (AvgIpc) is 2.65. The summed E-state index contributed by atoms with van der Waals surface area (Å²) in [5.74, 6) is -0.805. The number of benzene rings is 1. The minimum Gasteiger partial charge on any atom is -0.384 e. The summed E-state index contributed by atoms with van der Waals surface area (Å²) in [6, 6.07) is 6.72. The Labute approximate surface area is 96.9 Å². The van der Waals surface area contributed by atoms with E-state index in [2.05, 4.69) is 14.4 Å². The standard InChI is InChI=1S/C9H8N4O3S/c10-7-9(13-17(15,16)12-7)5-3-1-2-4-6(5)11-8(9)14/h1-4,13H,(H2,10,12)(H,11,14). The molecule has 3 rings (SSSR count). The topological polar surface area (TPSA) is 114 Å². The Balaban J connectivity index is 2.30. The Bertz CT molecular complexity index is 667. The monoisotopic (exact) mass is 252 g/mol. The summed E-state index contributed by atoms with van der Waals surface area (Å²) in [5.41, 5.74) is 5.01. The van der Waals surface area contributed by atoms with E-state index in [1.807, 2.05) is 0 Å². The van der Waals surface area contributed by atoms with Gasteiger partial charge >= 0.3 is 10.2 Å². The van der Waals surface area contributed by atoms with Gasteiger partial charge in [-0.15, -0.1) is 4.40 Å². The Morgan fingerprint density at radius 3 is 2.65 bits per heavy atom. The van der Waals surface area contributed by atoms with Crippen LogP contribution in [0.1, 0.15) is 5.56 Å². The molecule has 1 aromatic carbocycles. The fourth-order valence-electron chi connectivity index (χ4n) is 2.08. The lowest BCUT2D eigenvalue weighted by Crippen LogP contribution is -2.53. The lowest BCUT2D eigenvalue weighted by molar-refractivity contribution is -0.119. The van der Waals surface area contributed by atoms with E-state index in [-0.39, 0.29) is 5.84 Å². The van der Waals surface area contributed by atoms with Gasteiger partial charge < -0.3 is 11.1 Å².